The summed E-state index contributed by atoms with van der Waals surface area (Å²) in [7, 11) is 4.16. The molecule has 0 amide bonds. The minimum absolute atomic E-state index is 0.312. The van der Waals surface area contributed by atoms with Gasteiger partial charge in [-0.25, -0.2) is 4.98 Å². The van der Waals surface area contributed by atoms with Crippen molar-refractivity contribution in [1.82, 2.24) is 9.88 Å². The smallest absolute Gasteiger partial charge is 0.141 e. The third-order valence-corrected chi connectivity index (χ3v) is 3.81. The normalized spacial score (nSPS) is 12.9. The van der Waals surface area contributed by atoms with E-state index in [4.69, 9.17) is 4.98 Å². The van der Waals surface area contributed by atoms with E-state index < -0.39 is 0 Å². The van der Waals surface area contributed by atoms with Gasteiger partial charge in [-0.1, -0.05) is 25.1 Å². The van der Waals surface area contributed by atoms with Crippen molar-refractivity contribution < 1.29 is 0 Å². The van der Waals surface area contributed by atoms with Gasteiger partial charge in [0, 0.05) is 5.39 Å². The van der Waals surface area contributed by atoms with Gasteiger partial charge in [-0.15, -0.1) is 0 Å². The maximum absolute atomic E-state index is 4.70. The highest BCUT2D eigenvalue weighted by Gasteiger charge is 2.11. The molecule has 18 heavy (non-hydrogen) atoms. The van der Waals surface area contributed by atoms with E-state index in [9.17, 15) is 0 Å². The van der Waals surface area contributed by atoms with Crippen LogP contribution < -0.4 is 5.32 Å². The van der Waals surface area contributed by atoms with Crippen molar-refractivity contribution in [3.05, 3.63) is 33.9 Å². The number of nitrogens with zero attached hydrogens (tertiary/aromatic N) is 2. The summed E-state index contributed by atoms with van der Waals surface area (Å²) in [5.74, 6) is 0.967. The Morgan fingerprint density at radius 1 is 1.33 bits per heavy atom. The molecule has 1 heterocycles. The number of hydrogen-bond acceptors (Lipinski definition) is 3. The molecule has 1 unspecified atom stereocenters. The van der Waals surface area contributed by atoms with Crippen LogP contribution in [0.4, 0.5) is 5.82 Å². The van der Waals surface area contributed by atoms with Crippen LogP contribution in [0.5, 0.6) is 0 Å². The lowest BCUT2D eigenvalue weighted by Crippen LogP contribution is -2.35. The molecule has 0 fully saturated rings. The van der Waals surface area contributed by atoms with E-state index >= 15 is 0 Å². The van der Waals surface area contributed by atoms with E-state index in [0.29, 0.717) is 6.17 Å². The third kappa shape index (κ3) is 2.92. The van der Waals surface area contributed by atoms with Crippen molar-refractivity contribution in [1.29, 1.82) is 0 Å². The lowest BCUT2D eigenvalue weighted by molar-refractivity contribution is 0.315. The molecule has 0 saturated heterocycles. The molecule has 0 saturated carbocycles. The van der Waals surface area contributed by atoms with Crippen molar-refractivity contribution in [2.75, 3.05) is 19.4 Å². The lowest BCUT2D eigenvalue weighted by atomic mass is 10.2. The zero-order valence-electron chi connectivity index (χ0n) is 10.9. The van der Waals surface area contributed by atoms with Gasteiger partial charge in [-0.05, 0) is 55.2 Å². The molecule has 1 N–H and O–H groups in total. The highest BCUT2D eigenvalue weighted by atomic mass is 127. The molecule has 2 rings (SSSR count). The van der Waals surface area contributed by atoms with E-state index in [1.54, 1.807) is 0 Å². The first-order valence-electron chi connectivity index (χ1n) is 6.10. The van der Waals surface area contributed by atoms with Crippen LogP contribution in [-0.4, -0.2) is 30.1 Å². The van der Waals surface area contributed by atoms with Gasteiger partial charge in [0.1, 0.15) is 5.82 Å². The fourth-order valence-corrected chi connectivity index (χ4v) is 2.56. The molecule has 0 radical (unpaired) electrons. The summed E-state index contributed by atoms with van der Waals surface area (Å²) in [5.41, 5.74) is 1.04. The van der Waals surface area contributed by atoms with E-state index in [0.717, 1.165) is 21.3 Å². The summed E-state index contributed by atoms with van der Waals surface area (Å²) < 4.78 is 1.16. The Balaban J connectivity index is 2.35. The SMILES string of the molecule is CCC(Nc1nc2ccccc2cc1I)N(C)C. The van der Waals surface area contributed by atoms with Crippen molar-refractivity contribution in [2.24, 2.45) is 0 Å². The average Bonchev–Trinajstić information content (AvgIpc) is 2.35. The maximum atomic E-state index is 4.70. The number of rotatable bonds is 4. The molecular weight excluding hydrogens is 337 g/mol. The second-order valence-electron chi connectivity index (χ2n) is 4.54. The van der Waals surface area contributed by atoms with Crippen molar-refractivity contribution in [2.45, 2.75) is 19.5 Å². The number of fused-ring (bicyclic) bond motifs is 1. The van der Waals surface area contributed by atoms with Gasteiger partial charge >= 0.3 is 0 Å². The highest BCUT2D eigenvalue weighted by Crippen LogP contribution is 2.23. The zero-order valence-corrected chi connectivity index (χ0v) is 13.1. The molecule has 1 aromatic heterocycles. The minimum Gasteiger partial charge on any atom is -0.354 e. The molecule has 3 nitrogen and oxygen atoms in total. The first-order valence-corrected chi connectivity index (χ1v) is 7.18. The average molecular weight is 355 g/mol. The fraction of sp³-hybridized carbons (Fsp3) is 0.357. The number of benzene rings is 1. The Kier molecular flexibility index (Phi) is 4.40. The van der Waals surface area contributed by atoms with Crippen LogP contribution in [0.25, 0.3) is 10.9 Å². The summed E-state index contributed by atoms with van der Waals surface area (Å²) in [6.07, 6.45) is 1.35. The summed E-state index contributed by atoms with van der Waals surface area (Å²) in [6, 6.07) is 10.4. The van der Waals surface area contributed by atoms with Gasteiger partial charge in [0.25, 0.3) is 0 Å². The molecule has 2 aromatic rings. The van der Waals surface area contributed by atoms with Gasteiger partial charge in [0.15, 0.2) is 0 Å². The number of halogens is 1. The monoisotopic (exact) mass is 355 g/mol. The molecule has 0 aliphatic rings. The first-order chi connectivity index (χ1) is 8.61. The molecule has 96 valence electrons. The molecule has 0 aliphatic carbocycles. The predicted molar refractivity (Wildman–Crippen MR) is 85.8 cm³/mol. The van der Waals surface area contributed by atoms with Crippen LogP contribution in [0.15, 0.2) is 30.3 Å². The summed E-state index contributed by atoms with van der Waals surface area (Å²) in [6.45, 7) is 2.17. The Bertz CT molecular complexity index is 540. The predicted octanol–water partition coefficient (Wildman–Crippen LogP) is 3.55. The molecule has 0 aliphatic heterocycles. The molecule has 1 aromatic carbocycles. The standard InChI is InChI=1S/C14H18IN3/c1-4-13(18(2)3)17-14-11(15)9-10-7-5-6-8-12(10)16-14/h5-9,13H,4H2,1-3H3,(H,16,17). The Labute approximate surface area is 122 Å². The third-order valence-electron chi connectivity index (χ3n) is 2.99. The minimum atomic E-state index is 0.312. The van der Waals surface area contributed by atoms with Gasteiger partial charge in [-0.2, -0.15) is 0 Å². The Hall–Kier alpha value is -0.880. The number of pyridine rings is 1. The maximum Gasteiger partial charge on any atom is 0.141 e. The van der Waals surface area contributed by atoms with Crippen LogP contribution in [0, 0.1) is 3.57 Å². The summed E-state index contributed by atoms with van der Waals surface area (Å²) in [4.78, 5) is 6.87. The van der Waals surface area contributed by atoms with Gasteiger partial charge in [0.2, 0.25) is 0 Å². The number of anilines is 1. The second-order valence-corrected chi connectivity index (χ2v) is 5.71. The first kappa shape index (κ1) is 13.5. The molecule has 4 heteroatoms. The van der Waals surface area contributed by atoms with Crippen LogP contribution >= 0.6 is 22.6 Å². The quantitative estimate of drug-likeness (QED) is 0.672. The van der Waals surface area contributed by atoms with Crippen LogP contribution in [0.1, 0.15) is 13.3 Å². The zero-order chi connectivity index (χ0) is 13.1. The van der Waals surface area contributed by atoms with Crippen LogP contribution in [-0.2, 0) is 0 Å². The number of aromatic nitrogens is 1. The van der Waals surface area contributed by atoms with E-state index in [2.05, 4.69) is 66.0 Å². The fourth-order valence-electron chi connectivity index (χ4n) is 1.95. The topological polar surface area (TPSA) is 28.2 Å². The van der Waals surface area contributed by atoms with Crippen molar-refractivity contribution >= 4 is 39.3 Å². The molecule has 1 atom stereocenters. The highest BCUT2D eigenvalue weighted by molar-refractivity contribution is 14.1. The molecule has 0 bridgehead atoms. The second kappa shape index (κ2) is 5.84. The van der Waals surface area contributed by atoms with Gasteiger partial charge in [0.05, 0.1) is 15.3 Å². The number of hydrogen-bond donors (Lipinski definition) is 1. The number of para-hydroxylation sites is 1. The van der Waals surface area contributed by atoms with E-state index in [1.807, 2.05) is 18.2 Å². The molecular formula is C14H18IN3. The van der Waals surface area contributed by atoms with Crippen LogP contribution in [0.2, 0.25) is 0 Å². The van der Waals surface area contributed by atoms with Crippen molar-refractivity contribution in [3.63, 3.8) is 0 Å². The van der Waals surface area contributed by atoms with Crippen molar-refractivity contribution in [3.8, 4) is 0 Å². The Morgan fingerprint density at radius 3 is 2.72 bits per heavy atom. The molecule has 0 spiro atoms. The van der Waals surface area contributed by atoms with Crippen LogP contribution in [0.3, 0.4) is 0 Å². The number of nitrogens with one attached hydrogen (secondary N) is 1. The summed E-state index contributed by atoms with van der Waals surface area (Å²) >= 11 is 2.34. The van der Waals surface area contributed by atoms with Gasteiger partial charge < -0.3 is 5.32 Å². The summed E-state index contributed by atoms with van der Waals surface area (Å²) in [5, 5.41) is 4.68. The lowest BCUT2D eigenvalue weighted by Gasteiger charge is -2.25. The van der Waals surface area contributed by atoms with E-state index in [1.165, 1.54) is 5.39 Å². The Morgan fingerprint density at radius 2 is 2.06 bits per heavy atom. The van der Waals surface area contributed by atoms with Gasteiger partial charge in [-0.3, -0.25) is 4.90 Å². The largest absolute Gasteiger partial charge is 0.354 e. The van der Waals surface area contributed by atoms with E-state index in [-0.39, 0.29) is 0 Å².